The van der Waals surface area contributed by atoms with Crippen molar-refractivity contribution in [3.63, 3.8) is 0 Å². The van der Waals surface area contributed by atoms with Gasteiger partial charge in [-0.3, -0.25) is 14.4 Å². The van der Waals surface area contributed by atoms with Gasteiger partial charge in [0.1, 0.15) is 17.3 Å². The molecule has 4 heterocycles. The summed E-state index contributed by atoms with van der Waals surface area (Å²) in [6, 6.07) is 6.62. The number of hydrogen-bond donors (Lipinski definition) is 2. The highest BCUT2D eigenvalue weighted by Crippen LogP contribution is 2.51. The van der Waals surface area contributed by atoms with E-state index in [-0.39, 0.29) is 43.7 Å². The number of nitrogens with zero attached hydrogens (tertiary/aromatic N) is 2. The number of likely N-dealkylation sites (tertiary alicyclic amines) is 2. The van der Waals surface area contributed by atoms with Gasteiger partial charge in [-0.2, -0.15) is 0 Å². The predicted octanol–water partition coefficient (Wildman–Crippen LogP) is 1.96. The highest BCUT2D eigenvalue weighted by Gasteiger charge is 2.61. The molecule has 2 aliphatic rings. The van der Waals surface area contributed by atoms with Crippen LogP contribution in [-0.2, 0) is 20.8 Å². The van der Waals surface area contributed by atoms with Crippen LogP contribution in [0.4, 0.5) is 0 Å². The van der Waals surface area contributed by atoms with Gasteiger partial charge in [-0.25, -0.2) is 0 Å². The molecule has 1 spiro atoms. The molecule has 2 fully saturated rings. The largest absolute Gasteiger partial charge is 0.467 e. The van der Waals surface area contributed by atoms with E-state index < -0.39 is 17.5 Å². The van der Waals surface area contributed by atoms with Gasteiger partial charge >= 0.3 is 0 Å². The number of carbonyl (C=O) groups is 3. The second-order valence-electron chi connectivity index (χ2n) is 8.41. The topological polar surface area (TPSA) is 103 Å². The standard InChI is InChI=1S/C23H29N3O5S/c1-24-21(29)17-15-23(8-2-3-9-25(10-11-27)22(23)30)26(20(17)18-7-4-12-31-18)19(28)14-16-6-5-13-32-16/h4-7,12-13,17,20,27H,2-3,8-11,14-15H2,1H3,(H,24,29)/t17-,20+,23-/m0/s1. The number of carbonyl (C=O) groups excluding carboxylic acids is 3. The SMILES string of the molecule is CNC(=O)[C@H]1C[C@]2(CCCCN(CCO)C2=O)N(C(=O)Cc2cccs2)[C@H]1c1ccco1. The smallest absolute Gasteiger partial charge is 0.248 e. The Morgan fingerprint density at radius 1 is 1.31 bits per heavy atom. The molecule has 2 aromatic rings. The first-order valence-electron chi connectivity index (χ1n) is 11.0. The van der Waals surface area contributed by atoms with Crippen LogP contribution >= 0.6 is 11.3 Å². The molecule has 2 N–H and O–H groups in total. The van der Waals surface area contributed by atoms with Gasteiger partial charge < -0.3 is 24.6 Å². The first kappa shape index (κ1) is 22.5. The predicted molar refractivity (Wildman–Crippen MR) is 119 cm³/mol. The van der Waals surface area contributed by atoms with Crippen LogP contribution in [0, 0.1) is 5.92 Å². The van der Waals surface area contributed by atoms with E-state index in [1.807, 2.05) is 17.5 Å². The maximum atomic E-state index is 13.9. The van der Waals surface area contributed by atoms with Crippen molar-refractivity contribution >= 4 is 29.1 Å². The van der Waals surface area contributed by atoms with Gasteiger partial charge in [0.2, 0.25) is 17.7 Å². The lowest BCUT2D eigenvalue weighted by molar-refractivity contribution is -0.153. The maximum absolute atomic E-state index is 13.9. The number of nitrogens with one attached hydrogen (secondary N) is 1. The third kappa shape index (κ3) is 3.95. The lowest BCUT2D eigenvalue weighted by Crippen LogP contribution is -2.58. The minimum absolute atomic E-state index is 0.147. The molecule has 4 rings (SSSR count). The number of thiophene rings is 1. The molecule has 2 aliphatic heterocycles. The minimum Gasteiger partial charge on any atom is -0.467 e. The summed E-state index contributed by atoms with van der Waals surface area (Å²) in [6.45, 7) is 0.596. The van der Waals surface area contributed by atoms with Crippen molar-refractivity contribution in [2.75, 3.05) is 26.7 Å². The van der Waals surface area contributed by atoms with Crippen LogP contribution in [0.5, 0.6) is 0 Å². The maximum Gasteiger partial charge on any atom is 0.248 e. The Balaban J connectivity index is 1.83. The molecule has 3 atom stereocenters. The molecular formula is C23H29N3O5S. The van der Waals surface area contributed by atoms with Crippen LogP contribution in [0.2, 0.25) is 0 Å². The number of aliphatic hydroxyl groups is 1. The van der Waals surface area contributed by atoms with Crippen molar-refractivity contribution in [2.45, 2.75) is 43.7 Å². The molecule has 2 saturated heterocycles. The van der Waals surface area contributed by atoms with E-state index in [1.54, 1.807) is 29.0 Å². The van der Waals surface area contributed by atoms with Gasteiger partial charge in [0.15, 0.2) is 0 Å². The van der Waals surface area contributed by atoms with Crippen molar-refractivity contribution in [3.8, 4) is 0 Å². The van der Waals surface area contributed by atoms with E-state index in [9.17, 15) is 19.5 Å². The second kappa shape index (κ2) is 9.46. The third-order valence-electron chi connectivity index (χ3n) is 6.59. The van der Waals surface area contributed by atoms with E-state index >= 15 is 0 Å². The van der Waals surface area contributed by atoms with Crippen LogP contribution in [0.25, 0.3) is 0 Å². The Kier molecular flexibility index (Phi) is 6.66. The van der Waals surface area contributed by atoms with Crippen LogP contribution in [0.15, 0.2) is 40.3 Å². The summed E-state index contributed by atoms with van der Waals surface area (Å²) < 4.78 is 5.70. The molecule has 0 bridgehead atoms. The zero-order valence-corrected chi connectivity index (χ0v) is 19.0. The highest BCUT2D eigenvalue weighted by molar-refractivity contribution is 7.10. The van der Waals surface area contributed by atoms with Crippen molar-refractivity contribution in [1.29, 1.82) is 0 Å². The van der Waals surface area contributed by atoms with Crippen LogP contribution in [-0.4, -0.2) is 64.9 Å². The summed E-state index contributed by atoms with van der Waals surface area (Å²) in [5.74, 6) is -0.717. The number of amides is 3. The van der Waals surface area contributed by atoms with Gasteiger partial charge in [-0.05, 0) is 49.3 Å². The Morgan fingerprint density at radius 3 is 2.81 bits per heavy atom. The van der Waals surface area contributed by atoms with E-state index in [2.05, 4.69) is 5.32 Å². The molecule has 0 radical (unpaired) electrons. The van der Waals surface area contributed by atoms with E-state index in [0.717, 1.165) is 17.7 Å². The van der Waals surface area contributed by atoms with Crippen LogP contribution < -0.4 is 5.32 Å². The van der Waals surface area contributed by atoms with E-state index in [4.69, 9.17) is 4.42 Å². The first-order chi connectivity index (χ1) is 15.5. The summed E-state index contributed by atoms with van der Waals surface area (Å²) in [4.78, 5) is 44.9. The zero-order valence-electron chi connectivity index (χ0n) is 18.2. The van der Waals surface area contributed by atoms with Gasteiger partial charge in [-0.1, -0.05) is 6.07 Å². The summed E-state index contributed by atoms with van der Waals surface area (Å²) in [7, 11) is 1.57. The lowest BCUT2D eigenvalue weighted by atomic mass is 9.85. The molecular weight excluding hydrogens is 430 g/mol. The number of rotatable bonds is 6. The number of β-amino-alcohol motifs (C(OH)–C–C–N with tert-alkyl or cyclic N) is 1. The Morgan fingerprint density at radius 2 is 2.16 bits per heavy atom. The molecule has 3 amide bonds. The van der Waals surface area contributed by atoms with Crippen molar-refractivity contribution in [3.05, 3.63) is 46.5 Å². The average molecular weight is 460 g/mol. The van der Waals surface area contributed by atoms with Gasteiger partial charge in [0.05, 0.1) is 25.2 Å². The number of furan rings is 1. The molecule has 0 unspecified atom stereocenters. The second-order valence-corrected chi connectivity index (χ2v) is 9.44. The summed E-state index contributed by atoms with van der Waals surface area (Å²) in [5.41, 5.74) is -1.14. The first-order valence-corrected chi connectivity index (χ1v) is 11.9. The van der Waals surface area contributed by atoms with E-state index in [0.29, 0.717) is 18.7 Å². The summed E-state index contributed by atoms with van der Waals surface area (Å²) in [5, 5.41) is 14.2. The van der Waals surface area contributed by atoms with Crippen molar-refractivity contribution < 1.29 is 23.9 Å². The van der Waals surface area contributed by atoms with Crippen LogP contribution in [0.1, 0.15) is 42.4 Å². The molecule has 32 heavy (non-hydrogen) atoms. The Bertz CT molecular complexity index is 945. The normalized spacial score (nSPS) is 25.9. The average Bonchev–Trinajstić information content (AvgIpc) is 3.53. The molecule has 0 saturated carbocycles. The molecule has 0 aliphatic carbocycles. The third-order valence-corrected chi connectivity index (χ3v) is 7.47. The molecule has 9 heteroatoms. The molecule has 8 nitrogen and oxygen atoms in total. The Labute approximate surface area is 191 Å². The van der Waals surface area contributed by atoms with Crippen molar-refractivity contribution in [2.24, 2.45) is 5.92 Å². The van der Waals surface area contributed by atoms with E-state index in [1.165, 1.54) is 17.6 Å². The molecule has 0 aromatic carbocycles. The van der Waals surface area contributed by atoms with Crippen LogP contribution in [0.3, 0.4) is 0 Å². The number of hydrogen-bond acceptors (Lipinski definition) is 6. The Hall–Kier alpha value is -2.65. The fourth-order valence-electron chi connectivity index (χ4n) is 5.24. The fraction of sp³-hybridized carbons (Fsp3) is 0.522. The molecule has 2 aromatic heterocycles. The summed E-state index contributed by atoms with van der Waals surface area (Å²) in [6.07, 6.45) is 3.93. The zero-order chi connectivity index (χ0) is 22.7. The fourth-order valence-corrected chi connectivity index (χ4v) is 5.93. The highest BCUT2D eigenvalue weighted by atomic mass is 32.1. The molecule has 172 valence electrons. The van der Waals surface area contributed by atoms with Crippen molar-refractivity contribution in [1.82, 2.24) is 15.1 Å². The van der Waals surface area contributed by atoms with Gasteiger partial charge in [0, 0.05) is 25.0 Å². The van der Waals surface area contributed by atoms with Gasteiger partial charge in [0.25, 0.3) is 0 Å². The minimum atomic E-state index is -1.14. The quantitative estimate of drug-likeness (QED) is 0.688. The lowest BCUT2D eigenvalue weighted by Gasteiger charge is -2.41. The van der Waals surface area contributed by atoms with Gasteiger partial charge in [-0.15, -0.1) is 11.3 Å². The monoisotopic (exact) mass is 459 g/mol. The summed E-state index contributed by atoms with van der Waals surface area (Å²) >= 11 is 1.49. The number of aliphatic hydroxyl groups excluding tert-OH is 1.